The molecule has 8 rings (SSSR count). The summed E-state index contributed by atoms with van der Waals surface area (Å²) in [5, 5.41) is 66.3. The molecule has 0 spiro atoms. The van der Waals surface area contributed by atoms with Crippen LogP contribution in [0.2, 0.25) is 82.4 Å². The molecule has 0 bridgehead atoms. The van der Waals surface area contributed by atoms with Crippen LogP contribution in [0.15, 0.2) is 97.1 Å². The number of pyridine rings is 8. The van der Waals surface area contributed by atoms with E-state index in [2.05, 4.69) is 0 Å². The lowest BCUT2D eigenvalue weighted by atomic mass is 10.3. The summed E-state index contributed by atoms with van der Waals surface area (Å²) in [7, 11) is -12.7. The van der Waals surface area contributed by atoms with Crippen LogP contribution in [0.3, 0.4) is 0 Å². The standard InChI is InChI=1S/8C6H5Cl2FN.4BFO2/c8*1-4-2-5(7)10(9)6(8)3-4;4*2-1(3)4/h8*2-3H,1H3;;;;/q8*+1;4*-2. The molecule has 0 fully saturated rings. The van der Waals surface area contributed by atoms with Crippen molar-refractivity contribution in [2.24, 2.45) is 0 Å². The predicted octanol–water partition coefficient (Wildman–Crippen LogP) is 9.22. The molecular weight excluding hydrogens is 1660 g/mol. The van der Waals surface area contributed by atoms with Gasteiger partial charge in [0, 0.05) is 97.1 Å². The van der Waals surface area contributed by atoms with Gasteiger partial charge >= 0.3 is 82.4 Å². The quantitative estimate of drug-likeness (QED) is 0.0808. The minimum Gasteiger partial charge on any atom is -0.867 e. The maximum absolute atomic E-state index is 12.6. The van der Waals surface area contributed by atoms with Crippen LogP contribution >= 0.6 is 186 Å². The highest BCUT2D eigenvalue weighted by Crippen LogP contribution is 2.18. The van der Waals surface area contributed by atoms with Crippen LogP contribution in [0.4, 0.5) is 53.1 Å². The average Bonchev–Trinajstić information content (AvgIpc) is 1.12. The molecule has 0 aromatic carbocycles. The van der Waals surface area contributed by atoms with Gasteiger partial charge in [0.2, 0.25) is 0 Å². The molecule has 0 amide bonds. The molecule has 0 unspecified atom stereocenters. The number of rotatable bonds is 0. The second-order valence-corrected chi connectivity index (χ2v) is 23.0. The Kier molecular flexibility index (Phi) is 53.8. The fraction of sp³-hybridized carbons (Fsp3) is 0.167. The van der Waals surface area contributed by atoms with E-state index < -0.39 is 29.6 Å². The number of nitrogens with zero attached hydrogens (tertiary/aromatic N) is 8. The van der Waals surface area contributed by atoms with Crippen LogP contribution in [-0.4, -0.2) is 29.6 Å². The molecule has 0 saturated carbocycles. The maximum Gasteiger partial charge on any atom is 0.323 e. The number of hydrogen-bond acceptors (Lipinski definition) is 8. The second kappa shape index (κ2) is 52.0. The van der Waals surface area contributed by atoms with Crippen molar-refractivity contribution >= 4 is 215 Å². The molecule has 0 N–H and O–H groups in total. The fourth-order valence-corrected chi connectivity index (χ4v) is 9.62. The van der Waals surface area contributed by atoms with Crippen LogP contribution in [0.5, 0.6) is 0 Å². The van der Waals surface area contributed by atoms with Crippen molar-refractivity contribution in [1.82, 2.24) is 0 Å². The first-order valence-electron chi connectivity index (χ1n) is 23.9. The third kappa shape index (κ3) is 47.1. The van der Waals surface area contributed by atoms with E-state index >= 15 is 0 Å². The molecule has 96 heavy (non-hydrogen) atoms. The first kappa shape index (κ1) is 99.3. The summed E-state index contributed by atoms with van der Waals surface area (Å²) in [4.78, 5) is 1.75. The normalized spacial score (nSPS) is 9.46. The highest BCUT2D eigenvalue weighted by atomic mass is 35.5. The van der Waals surface area contributed by atoms with Gasteiger partial charge in [-0.05, 0) is 286 Å². The summed E-state index contributed by atoms with van der Waals surface area (Å²) in [6, 6.07) is 23.9. The molecule has 0 aliphatic heterocycles. The van der Waals surface area contributed by atoms with Gasteiger partial charge in [0.15, 0.2) is 0 Å². The summed E-state index contributed by atoms with van der Waals surface area (Å²) in [5.74, 6) is 0. The van der Waals surface area contributed by atoms with E-state index in [0.717, 1.165) is 44.5 Å². The lowest BCUT2D eigenvalue weighted by Gasteiger charge is -2.09. The minimum atomic E-state index is -3.17. The molecule has 0 atom stereocenters. The van der Waals surface area contributed by atoms with E-state index in [1.165, 1.54) is 97.1 Å². The van der Waals surface area contributed by atoms with Crippen molar-refractivity contribution in [2.75, 3.05) is 0 Å². The van der Waals surface area contributed by atoms with Crippen molar-refractivity contribution in [3.63, 3.8) is 0 Å². The Morgan fingerprint density at radius 3 is 0.271 bits per heavy atom. The third-order valence-electron chi connectivity index (χ3n) is 8.55. The van der Waals surface area contributed by atoms with Gasteiger partial charge in [-0.3, -0.25) is 0 Å². The molecular formula is C48H40B4Cl16F12N8O8. The van der Waals surface area contributed by atoms with Crippen molar-refractivity contribution < 1.29 is 132 Å². The van der Waals surface area contributed by atoms with E-state index in [1.807, 2.05) is 0 Å². The van der Waals surface area contributed by atoms with Gasteiger partial charge in [0.1, 0.15) is 29.6 Å². The molecule has 48 heteroatoms. The van der Waals surface area contributed by atoms with E-state index in [4.69, 9.17) is 226 Å². The number of aryl methyl sites for hydroxylation is 8. The van der Waals surface area contributed by atoms with Gasteiger partial charge in [-0.2, -0.15) is 0 Å². The summed E-state index contributed by atoms with van der Waals surface area (Å²) in [6.07, 6.45) is 0. The topological polar surface area (TPSA) is 216 Å². The predicted molar refractivity (Wildman–Crippen MR) is 331 cm³/mol. The van der Waals surface area contributed by atoms with Crippen LogP contribution in [0.25, 0.3) is 0 Å². The first-order valence-corrected chi connectivity index (χ1v) is 30.0. The Labute approximate surface area is 621 Å². The van der Waals surface area contributed by atoms with Gasteiger partial charge < -0.3 is 57.5 Å². The smallest absolute Gasteiger partial charge is 0.323 e. The zero-order valence-corrected chi connectivity index (χ0v) is 61.1. The number of hydrogen-bond donors (Lipinski definition) is 0. The van der Waals surface area contributed by atoms with Gasteiger partial charge in [-0.15, -0.1) is 0 Å². The lowest BCUT2D eigenvalue weighted by molar-refractivity contribution is -0.840. The van der Waals surface area contributed by atoms with Crippen LogP contribution < -0.4 is 78.5 Å². The highest BCUT2D eigenvalue weighted by molar-refractivity contribution is 6.34. The first-order chi connectivity index (χ1) is 43.8. The molecule has 8 aromatic heterocycles. The summed E-state index contributed by atoms with van der Waals surface area (Å²) < 4.78 is 140. The molecule has 528 valence electrons. The minimum absolute atomic E-state index is 0.00926. The SMILES string of the molecule is Cc1cc(Cl)[n+](F)c(Cl)c1.Cc1cc(Cl)[n+](F)c(Cl)c1.Cc1cc(Cl)[n+](F)c(Cl)c1.Cc1cc(Cl)[n+](F)c(Cl)c1.Cc1cc(Cl)[n+](F)c(Cl)c1.Cc1cc(Cl)[n+](F)c(Cl)c1.Cc1cc(Cl)[n+](F)c(Cl)c1.Cc1cc(Cl)[n+](F)c(Cl)c1.[O-]B([O-])F.[O-]B([O-])F.[O-]B([O-])F.[O-]B([O-])F. The van der Waals surface area contributed by atoms with E-state index in [-0.39, 0.29) is 121 Å². The summed E-state index contributed by atoms with van der Waals surface area (Å²) >= 11 is 86.8. The molecule has 0 aliphatic carbocycles. The van der Waals surface area contributed by atoms with Crippen molar-refractivity contribution in [1.29, 1.82) is 0 Å². The van der Waals surface area contributed by atoms with Crippen LogP contribution in [-0.2, 0) is 0 Å². The van der Waals surface area contributed by atoms with Gasteiger partial charge in [0.05, 0.1) is 74.2 Å². The van der Waals surface area contributed by atoms with Crippen LogP contribution in [0, 0.1) is 55.4 Å². The van der Waals surface area contributed by atoms with Crippen molar-refractivity contribution in [3.05, 3.63) is 224 Å². The number of aromatic nitrogens is 8. The monoisotopic (exact) mass is 1690 g/mol. The van der Waals surface area contributed by atoms with Gasteiger partial charge in [0.25, 0.3) is 0 Å². The van der Waals surface area contributed by atoms with Gasteiger partial charge in [-0.25, -0.2) is 0 Å². The van der Waals surface area contributed by atoms with Gasteiger partial charge in [-0.1, -0.05) is 0 Å². The summed E-state index contributed by atoms with van der Waals surface area (Å²) in [6.45, 7) is 14.3. The largest absolute Gasteiger partial charge is 0.867 e. The Morgan fingerprint density at radius 1 is 0.188 bits per heavy atom. The van der Waals surface area contributed by atoms with Crippen LogP contribution in [0.1, 0.15) is 44.5 Å². The number of halogens is 28. The van der Waals surface area contributed by atoms with Crippen molar-refractivity contribution in [3.8, 4) is 0 Å². The zero-order chi connectivity index (χ0) is 76.1. The fourth-order valence-electron chi connectivity index (χ4n) is 5.06. The zero-order valence-electron chi connectivity index (χ0n) is 49.0. The Balaban J connectivity index is -0.000000488. The molecule has 16 nitrogen and oxygen atoms in total. The summed E-state index contributed by atoms with van der Waals surface area (Å²) in [5.41, 5.74) is 6.70. The molecule has 8 heterocycles. The Morgan fingerprint density at radius 2 is 0.229 bits per heavy atom. The van der Waals surface area contributed by atoms with E-state index in [9.17, 15) is 53.1 Å². The highest BCUT2D eigenvalue weighted by Gasteiger charge is 2.20. The maximum atomic E-state index is 12.6. The molecule has 8 aromatic rings. The molecule has 0 radical (unpaired) electrons. The second-order valence-electron chi connectivity index (χ2n) is 16.8. The molecule has 0 saturated heterocycles. The Hall–Kier alpha value is -3.06. The third-order valence-corrected chi connectivity index (χ3v) is 12.7. The lowest BCUT2D eigenvalue weighted by Crippen LogP contribution is -2.39. The Bertz CT molecular complexity index is 2830. The molecule has 0 aliphatic rings. The van der Waals surface area contributed by atoms with E-state index in [0.29, 0.717) is 0 Å². The average molecular weight is 1700 g/mol. The van der Waals surface area contributed by atoms with E-state index in [1.54, 1.807) is 55.4 Å². The van der Waals surface area contributed by atoms with Crippen molar-refractivity contribution in [2.45, 2.75) is 55.4 Å².